The molecule has 0 saturated heterocycles. The number of aromatic nitrogens is 1. The number of hydrogen-bond donors (Lipinski definition) is 0. The highest BCUT2D eigenvalue weighted by Gasteiger charge is 2.26. The summed E-state index contributed by atoms with van der Waals surface area (Å²) in [5.74, 6) is -2.83. The minimum Gasteiger partial charge on any atom is -0.465 e. The molecule has 0 aliphatic heterocycles. The minimum absolute atomic E-state index is 0.134. The van der Waals surface area contributed by atoms with Gasteiger partial charge in [-0.15, -0.1) is 0 Å². The molecule has 0 radical (unpaired) electrons. The molecule has 84 valence electrons. The molecule has 0 spiro atoms. The normalized spacial score (nSPS) is 11.6. The van der Waals surface area contributed by atoms with Gasteiger partial charge in [0.25, 0.3) is 0 Å². The molecular weight excluding hydrogens is 279 g/mol. The van der Waals surface area contributed by atoms with Crippen LogP contribution >= 0.6 is 15.9 Å². The van der Waals surface area contributed by atoms with Crippen molar-refractivity contribution in [2.45, 2.75) is 12.8 Å². The monoisotopic (exact) mass is 286 g/mol. The van der Waals surface area contributed by atoms with Gasteiger partial charge in [0.1, 0.15) is 11.5 Å². The van der Waals surface area contributed by atoms with Crippen molar-refractivity contribution >= 4 is 21.9 Å². The Bertz CT molecular complexity index is 445. The van der Waals surface area contributed by atoms with Gasteiger partial charge in [-0.2, -0.15) is 5.26 Å². The zero-order chi connectivity index (χ0) is 12.1. The van der Waals surface area contributed by atoms with Gasteiger partial charge < -0.3 is 4.74 Å². The Balaban J connectivity index is 3.05. The lowest BCUT2D eigenvalue weighted by atomic mass is 10.1. The summed E-state index contributed by atoms with van der Waals surface area (Å²) in [6, 6.07) is 2.82. The third-order valence-corrected chi connectivity index (χ3v) is 2.19. The molecule has 16 heavy (non-hydrogen) atoms. The average molecular weight is 287 g/mol. The molecule has 1 heterocycles. The number of nitriles is 1. The van der Waals surface area contributed by atoms with E-state index in [4.69, 9.17) is 5.26 Å². The van der Waals surface area contributed by atoms with E-state index >= 15 is 0 Å². The van der Waals surface area contributed by atoms with Crippen LogP contribution in [0.15, 0.2) is 16.7 Å². The number of carbonyl (C=O) groups excluding carboxylic acids is 1. The Kier molecular flexibility index (Phi) is 4.38. The molecule has 0 amide bonds. The summed E-state index contributed by atoms with van der Waals surface area (Å²) < 4.78 is 18.5. The number of halogens is 2. The standard InChI is InChI=1S/C10H8BrFN2O2/c1-2-16-10(15)7(4-13)9-8(12)3-6(11)5-14-9/h3,5,7H,2H2,1H3. The van der Waals surface area contributed by atoms with Gasteiger partial charge in [0.15, 0.2) is 5.92 Å². The van der Waals surface area contributed by atoms with E-state index in [1.807, 2.05) is 0 Å². The summed E-state index contributed by atoms with van der Waals surface area (Å²) >= 11 is 3.03. The molecule has 0 aromatic carbocycles. The van der Waals surface area contributed by atoms with Crippen LogP contribution in [0.5, 0.6) is 0 Å². The van der Waals surface area contributed by atoms with Gasteiger partial charge in [-0.3, -0.25) is 9.78 Å². The van der Waals surface area contributed by atoms with Crippen LogP contribution in [0.2, 0.25) is 0 Å². The number of esters is 1. The smallest absolute Gasteiger partial charge is 0.329 e. The second-order valence-corrected chi connectivity index (χ2v) is 3.75. The highest BCUT2D eigenvalue weighted by atomic mass is 79.9. The number of carbonyl (C=O) groups is 1. The van der Waals surface area contributed by atoms with E-state index in [-0.39, 0.29) is 12.3 Å². The first kappa shape index (κ1) is 12.6. The van der Waals surface area contributed by atoms with Crippen molar-refractivity contribution in [1.29, 1.82) is 5.26 Å². The van der Waals surface area contributed by atoms with E-state index in [1.54, 1.807) is 13.0 Å². The van der Waals surface area contributed by atoms with E-state index in [0.29, 0.717) is 4.47 Å². The maximum atomic E-state index is 13.4. The van der Waals surface area contributed by atoms with E-state index in [0.717, 1.165) is 6.07 Å². The first-order chi connectivity index (χ1) is 7.60. The van der Waals surface area contributed by atoms with Crippen molar-refractivity contribution in [3.63, 3.8) is 0 Å². The maximum Gasteiger partial charge on any atom is 0.329 e. The molecule has 6 heteroatoms. The van der Waals surface area contributed by atoms with Crippen LogP contribution in [0.1, 0.15) is 18.5 Å². The Morgan fingerprint density at radius 1 is 1.81 bits per heavy atom. The van der Waals surface area contributed by atoms with E-state index in [9.17, 15) is 9.18 Å². The van der Waals surface area contributed by atoms with Crippen LogP contribution < -0.4 is 0 Å². The third-order valence-electron chi connectivity index (χ3n) is 1.76. The second-order valence-electron chi connectivity index (χ2n) is 2.83. The van der Waals surface area contributed by atoms with Crippen LogP contribution in [0, 0.1) is 17.1 Å². The molecule has 1 atom stereocenters. The molecule has 0 N–H and O–H groups in total. The number of ether oxygens (including phenoxy) is 1. The van der Waals surface area contributed by atoms with Crippen molar-refractivity contribution < 1.29 is 13.9 Å². The molecule has 1 unspecified atom stereocenters. The Morgan fingerprint density at radius 2 is 2.50 bits per heavy atom. The van der Waals surface area contributed by atoms with Crippen LogP contribution in [-0.4, -0.2) is 17.6 Å². The van der Waals surface area contributed by atoms with E-state index in [1.165, 1.54) is 6.20 Å². The van der Waals surface area contributed by atoms with Gasteiger partial charge in [-0.1, -0.05) is 0 Å². The summed E-state index contributed by atoms with van der Waals surface area (Å²) in [4.78, 5) is 15.1. The zero-order valence-electron chi connectivity index (χ0n) is 8.41. The highest BCUT2D eigenvalue weighted by molar-refractivity contribution is 9.10. The molecule has 1 rings (SSSR count). The lowest BCUT2D eigenvalue weighted by Gasteiger charge is -2.08. The number of hydrogen-bond acceptors (Lipinski definition) is 4. The lowest BCUT2D eigenvalue weighted by Crippen LogP contribution is -2.17. The van der Waals surface area contributed by atoms with Gasteiger partial charge in [0.05, 0.1) is 12.7 Å². The fraction of sp³-hybridized carbons (Fsp3) is 0.300. The second kappa shape index (κ2) is 5.56. The number of nitrogens with zero attached hydrogens (tertiary/aromatic N) is 2. The molecule has 0 aliphatic rings. The summed E-state index contributed by atoms with van der Waals surface area (Å²) in [6.45, 7) is 1.74. The summed E-state index contributed by atoms with van der Waals surface area (Å²) in [5, 5.41) is 8.80. The maximum absolute atomic E-state index is 13.4. The number of rotatable bonds is 3. The topological polar surface area (TPSA) is 63.0 Å². The van der Waals surface area contributed by atoms with Crippen LogP contribution in [0.4, 0.5) is 4.39 Å². The molecule has 0 bridgehead atoms. The van der Waals surface area contributed by atoms with Crippen molar-refractivity contribution in [3.8, 4) is 6.07 Å². The lowest BCUT2D eigenvalue weighted by molar-refractivity contribution is -0.143. The summed E-state index contributed by atoms with van der Waals surface area (Å²) in [5.41, 5.74) is -0.218. The summed E-state index contributed by atoms with van der Waals surface area (Å²) in [6.07, 6.45) is 1.32. The average Bonchev–Trinajstić information content (AvgIpc) is 2.22. The predicted molar refractivity (Wildman–Crippen MR) is 56.9 cm³/mol. The zero-order valence-corrected chi connectivity index (χ0v) is 9.99. The van der Waals surface area contributed by atoms with Gasteiger partial charge in [0.2, 0.25) is 0 Å². The molecule has 0 fully saturated rings. The largest absolute Gasteiger partial charge is 0.465 e. The third kappa shape index (κ3) is 2.76. The summed E-state index contributed by atoms with van der Waals surface area (Å²) in [7, 11) is 0. The van der Waals surface area contributed by atoms with Crippen molar-refractivity contribution in [3.05, 3.63) is 28.2 Å². The van der Waals surface area contributed by atoms with E-state index < -0.39 is 17.7 Å². The quantitative estimate of drug-likeness (QED) is 0.799. The fourth-order valence-electron chi connectivity index (χ4n) is 1.09. The minimum atomic E-state index is -1.33. The highest BCUT2D eigenvalue weighted by Crippen LogP contribution is 2.20. The molecule has 1 aromatic heterocycles. The van der Waals surface area contributed by atoms with Crippen molar-refractivity contribution in [2.75, 3.05) is 6.61 Å². The Labute approximate surface area is 100 Å². The van der Waals surface area contributed by atoms with Crippen LogP contribution in [-0.2, 0) is 9.53 Å². The Morgan fingerprint density at radius 3 is 3.00 bits per heavy atom. The fourth-order valence-corrected chi connectivity index (χ4v) is 1.39. The first-order valence-corrected chi connectivity index (χ1v) is 5.26. The first-order valence-electron chi connectivity index (χ1n) is 4.47. The van der Waals surface area contributed by atoms with Gasteiger partial charge in [-0.05, 0) is 28.9 Å². The van der Waals surface area contributed by atoms with Gasteiger partial charge >= 0.3 is 5.97 Å². The number of pyridine rings is 1. The van der Waals surface area contributed by atoms with Crippen molar-refractivity contribution in [1.82, 2.24) is 4.98 Å². The van der Waals surface area contributed by atoms with Gasteiger partial charge in [-0.25, -0.2) is 4.39 Å². The molecule has 0 saturated carbocycles. The van der Waals surface area contributed by atoms with E-state index in [2.05, 4.69) is 25.7 Å². The van der Waals surface area contributed by atoms with Gasteiger partial charge in [0, 0.05) is 10.7 Å². The molecule has 1 aromatic rings. The molecular formula is C10H8BrFN2O2. The Hall–Kier alpha value is -1.48. The molecule has 0 aliphatic carbocycles. The SMILES string of the molecule is CCOC(=O)C(C#N)c1ncc(Br)cc1F. The van der Waals surface area contributed by atoms with Crippen LogP contribution in [0.25, 0.3) is 0 Å². The van der Waals surface area contributed by atoms with Crippen molar-refractivity contribution in [2.24, 2.45) is 0 Å². The molecule has 4 nitrogen and oxygen atoms in total. The van der Waals surface area contributed by atoms with Crippen LogP contribution in [0.3, 0.4) is 0 Å². The predicted octanol–water partition coefficient (Wildman–Crippen LogP) is 2.15.